The van der Waals surface area contributed by atoms with E-state index in [2.05, 4.69) is 22.5 Å². The van der Waals surface area contributed by atoms with Crippen molar-refractivity contribution in [2.45, 2.75) is 13.5 Å². The average Bonchev–Trinajstić information content (AvgIpc) is 2.34. The first-order chi connectivity index (χ1) is 9.06. The highest BCUT2D eigenvalue weighted by Crippen LogP contribution is 2.17. The molecule has 0 heterocycles. The van der Waals surface area contributed by atoms with Crippen molar-refractivity contribution in [2.75, 3.05) is 19.7 Å². The fraction of sp³-hybridized carbons (Fsp3) is 0.357. The van der Waals surface area contributed by atoms with Gasteiger partial charge in [-0.2, -0.15) is 0 Å². The van der Waals surface area contributed by atoms with Gasteiger partial charge < -0.3 is 4.74 Å². The molecule has 19 heavy (non-hydrogen) atoms. The Morgan fingerprint density at radius 2 is 2.32 bits per heavy atom. The standard InChI is InChI=1S/C14H17BrFNO2/c1-3-7-17(10-14(18)19-4-2)9-11-8-12(15)5-6-13(11)16/h3,5-6,8H,1,4,7,9-10H2,2H3. The van der Waals surface area contributed by atoms with Crippen molar-refractivity contribution in [1.82, 2.24) is 4.90 Å². The van der Waals surface area contributed by atoms with E-state index in [4.69, 9.17) is 4.74 Å². The third kappa shape index (κ3) is 5.53. The fourth-order valence-corrected chi connectivity index (χ4v) is 2.07. The van der Waals surface area contributed by atoms with Gasteiger partial charge in [-0.05, 0) is 25.1 Å². The summed E-state index contributed by atoms with van der Waals surface area (Å²) in [6, 6.07) is 4.74. The summed E-state index contributed by atoms with van der Waals surface area (Å²) < 4.78 is 19.4. The summed E-state index contributed by atoms with van der Waals surface area (Å²) in [4.78, 5) is 13.2. The minimum atomic E-state index is -0.320. The molecule has 0 N–H and O–H groups in total. The summed E-state index contributed by atoms with van der Waals surface area (Å²) in [5.74, 6) is -0.610. The molecule has 0 saturated carbocycles. The number of rotatable bonds is 7. The Hall–Kier alpha value is -1.20. The highest BCUT2D eigenvalue weighted by molar-refractivity contribution is 9.10. The lowest BCUT2D eigenvalue weighted by molar-refractivity contribution is -0.144. The first kappa shape index (κ1) is 15.9. The zero-order chi connectivity index (χ0) is 14.3. The zero-order valence-electron chi connectivity index (χ0n) is 10.9. The van der Waals surface area contributed by atoms with Crippen molar-refractivity contribution in [3.63, 3.8) is 0 Å². The van der Waals surface area contributed by atoms with Crippen LogP contribution in [-0.4, -0.2) is 30.6 Å². The van der Waals surface area contributed by atoms with Gasteiger partial charge in [0, 0.05) is 23.1 Å². The molecular formula is C14H17BrFNO2. The molecule has 0 aliphatic heterocycles. The van der Waals surface area contributed by atoms with Gasteiger partial charge in [-0.25, -0.2) is 4.39 Å². The number of hydrogen-bond acceptors (Lipinski definition) is 3. The molecule has 1 aromatic carbocycles. The van der Waals surface area contributed by atoms with E-state index in [0.29, 0.717) is 25.3 Å². The second-order valence-corrected chi connectivity index (χ2v) is 4.91. The third-order valence-electron chi connectivity index (χ3n) is 2.45. The Morgan fingerprint density at radius 1 is 1.58 bits per heavy atom. The Balaban J connectivity index is 2.74. The highest BCUT2D eigenvalue weighted by atomic mass is 79.9. The van der Waals surface area contributed by atoms with Crippen LogP contribution in [0.3, 0.4) is 0 Å². The van der Waals surface area contributed by atoms with E-state index in [-0.39, 0.29) is 18.3 Å². The van der Waals surface area contributed by atoms with Crippen LogP contribution in [0.25, 0.3) is 0 Å². The minimum absolute atomic E-state index is 0.117. The van der Waals surface area contributed by atoms with Crippen LogP contribution < -0.4 is 0 Å². The molecular weight excluding hydrogens is 313 g/mol. The van der Waals surface area contributed by atoms with E-state index in [0.717, 1.165) is 4.47 Å². The molecule has 0 radical (unpaired) electrons. The molecule has 0 atom stereocenters. The summed E-state index contributed by atoms with van der Waals surface area (Å²) in [5.41, 5.74) is 0.528. The number of esters is 1. The quantitative estimate of drug-likeness (QED) is 0.568. The van der Waals surface area contributed by atoms with Gasteiger partial charge in [-0.15, -0.1) is 6.58 Å². The first-order valence-corrected chi connectivity index (χ1v) is 6.79. The lowest BCUT2D eigenvalue weighted by Crippen LogP contribution is -2.31. The highest BCUT2D eigenvalue weighted by Gasteiger charge is 2.13. The minimum Gasteiger partial charge on any atom is -0.465 e. The molecule has 0 saturated heterocycles. The van der Waals surface area contributed by atoms with E-state index in [1.54, 1.807) is 30.0 Å². The van der Waals surface area contributed by atoms with Crippen LogP contribution in [0.2, 0.25) is 0 Å². The predicted octanol–water partition coefficient (Wildman–Crippen LogP) is 3.14. The second-order valence-electron chi connectivity index (χ2n) is 4.00. The van der Waals surface area contributed by atoms with E-state index in [1.807, 2.05) is 0 Å². The molecule has 0 aliphatic carbocycles. The predicted molar refractivity (Wildman–Crippen MR) is 76.2 cm³/mol. The summed E-state index contributed by atoms with van der Waals surface area (Å²) in [6.45, 7) is 6.67. The lowest BCUT2D eigenvalue weighted by Gasteiger charge is -2.20. The molecule has 0 spiro atoms. The Morgan fingerprint density at radius 3 is 2.95 bits per heavy atom. The van der Waals surface area contributed by atoms with Crippen LogP contribution in [0.15, 0.2) is 35.3 Å². The summed E-state index contributed by atoms with van der Waals surface area (Å²) in [7, 11) is 0. The van der Waals surface area contributed by atoms with E-state index >= 15 is 0 Å². The number of hydrogen-bond donors (Lipinski definition) is 0. The largest absolute Gasteiger partial charge is 0.465 e. The molecule has 0 aromatic heterocycles. The number of carbonyl (C=O) groups excluding carboxylic acids is 1. The number of halogens is 2. The summed E-state index contributed by atoms with van der Waals surface area (Å²) in [6.07, 6.45) is 1.68. The maximum Gasteiger partial charge on any atom is 0.320 e. The first-order valence-electron chi connectivity index (χ1n) is 5.99. The van der Waals surface area contributed by atoms with Gasteiger partial charge in [0.15, 0.2) is 0 Å². The topological polar surface area (TPSA) is 29.5 Å². The van der Waals surface area contributed by atoms with Gasteiger partial charge in [0.2, 0.25) is 0 Å². The Kier molecular flexibility index (Phi) is 6.73. The maximum atomic E-state index is 13.7. The molecule has 0 bridgehead atoms. The SMILES string of the molecule is C=CCN(CC(=O)OCC)Cc1cc(Br)ccc1F. The summed E-state index contributed by atoms with van der Waals surface area (Å²) >= 11 is 3.30. The van der Waals surface area contributed by atoms with Gasteiger partial charge in [0.1, 0.15) is 5.82 Å². The van der Waals surface area contributed by atoms with Crippen LogP contribution in [0.5, 0.6) is 0 Å². The van der Waals surface area contributed by atoms with E-state index in [9.17, 15) is 9.18 Å². The number of nitrogens with zero attached hydrogens (tertiary/aromatic N) is 1. The number of ether oxygens (including phenoxy) is 1. The molecule has 1 rings (SSSR count). The van der Waals surface area contributed by atoms with Gasteiger partial charge >= 0.3 is 5.97 Å². The van der Waals surface area contributed by atoms with Crippen molar-refractivity contribution >= 4 is 21.9 Å². The van der Waals surface area contributed by atoms with E-state index in [1.165, 1.54) is 6.07 Å². The number of benzene rings is 1. The van der Waals surface area contributed by atoms with Crippen LogP contribution in [0.1, 0.15) is 12.5 Å². The monoisotopic (exact) mass is 329 g/mol. The smallest absolute Gasteiger partial charge is 0.320 e. The van der Waals surface area contributed by atoms with Gasteiger partial charge in [-0.1, -0.05) is 22.0 Å². The van der Waals surface area contributed by atoms with Gasteiger partial charge in [0.05, 0.1) is 13.2 Å². The third-order valence-corrected chi connectivity index (χ3v) is 2.94. The Labute approximate surface area is 121 Å². The molecule has 0 fully saturated rings. The van der Waals surface area contributed by atoms with Crippen LogP contribution in [0.4, 0.5) is 4.39 Å². The lowest BCUT2D eigenvalue weighted by atomic mass is 10.2. The molecule has 5 heteroatoms. The molecule has 0 amide bonds. The molecule has 3 nitrogen and oxygen atoms in total. The van der Waals surface area contributed by atoms with Crippen molar-refractivity contribution in [3.8, 4) is 0 Å². The van der Waals surface area contributed by atoms with Crippen LogP contribution in [-0.2, 0) is 16.1 Å². The molecule has 104 valence electrons. The van der Waals surface area contributed by atoms with Gasteiger partial charge in [0.25, 0.3) is 0 Å². The Bertz CT molecular complexity index is 451. The average molecular weight is 330 g/mol. The van der Waals surface area contributed by atoms with Crippen molar-refractivity contribution in [3.05, 3.63) is 46.7 Å². The van der Waals surface area contributed by atoms with E-state index < -0.39 is 0 Å². The van der Waals surface area contributed by atoms with Crippen molar-refractivity contribution in [1.29, 1.82) is 0 Å². The molecule has 1 aromatic rings. The molecule has 0 aliphatic rings. The fourth-order valence-electron chi connectivity index (χ4n) is 1.66. The second kappa shape index (κ2) is 8.07. The van der Waals surface area contributed by atoms with Gasteiger partial charge in [-0.3, -0.25) is 9.69 Å². The van der Waals surface area contributed by atoms with Crippen molar-refractivity contribution < 1.29 is 13.9 Å². The van der Waals surface area contributed by atoms with Crippen LogP contribution >= 0.6 is 15.9 Å². The summed E-state index contributed by atoms with van der Waals surface area (Å²) in [5, 5.41) is 0. The zero-order valence-corrected chi connectivity index (χ0v) is 12.5. The number of carbonyl (C=O) groups is 1. The molecule has 0 unspecified atom stereocenters. The maximum absolute atomic E-state index is 13.7. The normalized spacial score (nSPS) is 10.5. The van der Waals surface area contributed by atoms with Crippen molar-refractivity contribution in [2.24, 2.45) is 0 Å². The van der Waals surface area contributed by atoms with Crippen LogP contribution in [0, 0.1) is 5.82 Å².